The Labute approximate surface area is 217 Å². The second-order valence-corrected chi connectivity index (χ2v) is 9.48. The van der Waals surface area contributed by atoms with Crippen molar-refractivity contribution in [3.8, 4) is 0 Å². The van der Waals surface area contributed by atoms with Crippen molar-refractivity contribution in [3.05, 3.63) is 107 Å². The fraction of sp³-hybridized carbons (Fsp3) is 0.300. The van der Waals surface area contributed by atoms with Crippen LogP contribution in [0.5, 0.6) is 0 Å². The Hall–Kier alpha value is -4.13. The minimum Gasteiger partial charge on any atom is -0.481 e. The van der Waals surface area contributed by atoms with Gasteiger partial charge in [-0.2, -0.15) is 0 Å². The van der Waals surface area contributed by atoms with Crippen molar-refractivity contribution in [2.45, 2.75) is 38.3 Å². The fourth-order valence-corrected chi connectivity index (χ4v) is 4.84. The third-order valence-electron chi connectivity index (χ3n) is 6.98. The molecule has 2 amide bonds. The van der Waals surface area contributed by atoms with Crippen LogP contribution < -0.4 is 0 Å². The number of hydrogen-bond acceptors (Lipinski definition) is 3. The van der Waals surface area contributed by atoms with E-state index in [2.05, 4.69) is 0 Å². The quantitative estimate of drug-likeness (QED) is 0.427. The van der Waals surface area contributed by atoms with E-state index >= 15 is 0 Å². The zero-order valence-electron chi connectivity index (χ0n) is 20.7. The third-order valence-corrected chi connectivity index (χ3v) is 6.98. The molecule has 0 spiro atoms. The molecule has 1 aliphatic rings. The SMILES string of the molecule is O=C(O)[C@@H](CCc1ccccc1)CN(CCc1ccccc1)C(=O)N1Cc2ccccc2C[C@H]1C(=O)O. The molecule has 0 unspecified atom stereocenters. The molecule has 1 aliphatic heterocycles. The van der Waals surface area contributed by atoms with E-state index in [0.717, 1.165) is 22.3 Å². The number of fused-ring (bicyclic) bond motifs is 1. The molecule has 0 aliphatic carbocycles. The first-order valence-corrected chi connectivity index (χ1v) is 12.6. The van der Waals surface area contributed by atoms with Gasteiger partial charge in [0, 0.05) is 26.1 Å². The highest BCUT2D eigenvalue weighted by Crippen LogP contribution is 2.25. The van der Waals surface area contributed by atoms with Crippen LogP contribution in [0.1, 0.15) is 28.7 Å². The number of aryl methyl sites for hydroxylation is 1. The monoisotopic (exact) mass is 500 g/mol. The van der Waals surface area contributed by atoms with E-state index in [9.17, 15) is 24.6 Å². The van der Waals surface area contributed by atoms with Crippen LogP contribution in [-0.4, -0.2) is 57.1 Å². The Kier molecular flexibility index (Phi) is 8.56. The summed E-state index contributed by atoms with van der Waals surface area (Å²) in [4.78, 5) is 41.2. The second-order valence-electron chi connectivity index (χ2n) is 9.48. The van der Waals surface area contributed by atoms with Gasteiger partial charge in [0.1, 0.15) is 6.04 Å². The zero-order valence-corrected chi connectivity index (χ0v) is 20.7. The Morgan fingerprint density at radius 2 is 1.38 bits per heavy atom. The molecule has 7 nitrogen and oxygen atoms in total. The molecule has 0 saturated heterocycles. The van der Waals surface area contributed by atoms with Crippen LogP contribution in [0.3, 0.4) is 0 Å². The van der Waals surface area contributed by atoms with Gasteiger partial charge in [-0.25, -0.2) is 9.59 Å². The minimum atomic E-state index is -1.07. The lowest BCUT2D eigenvalue weighted by molar-refractivity contribution is -0.144. The van der Waals surface area contributed by atoms with E-state index < -0.39 is 29.9 Å². The molecule has 4 rings (SSSR count). The number of aliphatic carboxylic acids is 2. The number of nitrogens with zero attached hydrogens (tertiary/aromatic N) is 2. The number of benzene rings is 3. The molecular weight excluding hydrogens is 468 g/mol. The molecule has 1 heterocycles. The van der Waals surface area contributed by atoms with E-state index in [1.165, 1.54) is 9.80 Å². The van der Waals surface area contributed by atoms with Gasteiger partial charge in [-0.3, -0.25) is 4.79 Å². The molecule has 7 heteroatoms. The number of carbonyl (C=O) groups excluding carboxylic acids is 1. The molecule has 0 bridgehead atoms. The molecule has 0 fully saturated rings. The first kappa shape index (κ1) is 25.9. The average molecular weight is 501 g/mol. The molecule has 0 aromatic heterocycles. The maximum Gasteiger partial charge on any atom is 0.326 e. The lowest BCUT2D eigenvalue weighted by Crippen LogP contribution is -2.54. The predicted octanol–water partition coefficient (Wildman–Crippen LogP) is 4.50. The zero-order chi connectivity index (χ0) is 26.2. The van der Waals surface area contributed by atoms with Crippen LogP contribution in [0.2, 0.25) is 0 Å². The van der Waals surface area contributed by atoms with Gasteiger partial charge in [0.2, 0.25) is 0 Å². The van der Waals surface area contributed by atoms with E-state index in [1.807, 2.05) is 84.9 Å². The summed E-state index contributed by atoms with van der Waals surface area (Å²) < 4.78 is 0. The summed E-state index contributed by atoms with van der Waals surface area (Å²) in [6.07, 6.45) is 1.72. The van der Waals surface area contributed by atoms with Crippen molar-refractivity contribution in [3.63, 3.8) is 0 Å². The van der Waals surface area contributed by atoms with Gasteiger partial charge < -0.3 is 20.0 Å². The van der Waals surface area contributed by atoms with Gasteiger partial charge in [-0.15, -0.1) is 0 Å². The summed E-state index contributed by atoms with van der Waals surface area (Å²) >= 11 is 0. The number of hydrogen-bond donors (Lipinski definition) is 2. The van der Waals surface area contributed by atoms with Crippen molar-refractivity contribution >= 4 is 18.0 Å². The Bertz CT molecular complexity index is 1210. The Balaban J connectivity index is 1.56. The number of carboxylic acids is 2. The van der Waals surface area contributed by atoms with Gasteiger partial charge in [-0.05, 0) is 41.5 Å². The third kappa shape index (κ3) is 6.76. The highest BCUT2D eigenvalue weighted by atomic mass is 16.4. The van der Waals surface area contributed by atoms with Crippen LogP contribution in [0.15, 0.2) is 84.9 Å². The maximum absolute atomic E-state index is 13.9. The van der Waals surface area contributed by atoms with Gasteiger partial charge >= 0.3 is 18.0 Å². The number of rotatable bonds is 10. The summed E-state index contributed by atoms with van der Waals surface area (Å²) in [6.45, 7) is 0.482. The normalized spacial score (nSPS) is 15.5. The van der Waals surface area contributed by atoms with Crippen molar-refractivity contribution in [1.29, 1.82) is 0 Å². The number of urea groups is 1. The number of amides is 2. The van der Waals surface area contributed by atoms with E-state index in [1.54, 1.807) is 0 Å². The minimum absolute atomic E-state index is 0.0122. The molecule has 37 heavy (non-hydrogen) atoms. The molecule has 192 valence electrons. The van der Waals surface area contributed by atoms with E-state index in [-0.39, 0.29) is 19.5 Å². The summed E-state index contributed by atoms with van der Waals surface area (Å²) in [6, 6.07) is 25.4. The largest absolute Gasteiger partial charge is 0.481 e. The average Bonchev–Trinajstić information content (AvgIpc) is 2.92. The fourth-order valence-electron chi connectivity index (χ4n) is 4.84. The topological polar surface area (TPSA) is 98.2 Å². The molecular formula is C30H32N2O5. The van der Waals surface area contributed by atoms with Crippen LogP contribution in [-0.2, 0) is 35.4 Å². The lowest BCUT2D eigenvalue weighted by Gasteiger charge is -2.38. The van der Waals surface area contributed by atoms with Crippen LogP contribution in [0, 0.1) is 5.92 Å². The summed E-state index contributed by atoms with van der Waals surface area (Å²) in [7, 11) is 0. The lowest BCUT2D eigenvalue weighted by atomic mass is 9.94. The van der Waals surface area contributed by atoms with Crippen LogP contribution in [0.4, 0.5) is 4.79 Å². The Morgan fingerprint density at radius 3 is 1.97 bits per heavy atom. The molecule has 3 aromatic carbocycles. The highest BCUT2D eigenvalue weighted by Gasteiger charge is 2.37. The molecule has 2 N–H and O–H groups in total. The van der Waals surface area contributed by atoms with Crippen molar-refractivity contribution in [2.75, 3.05) is 13.1 Å². The predicted molar refractivity (Wildman–Crippen MR) is 140 cm³/mol. The van der Waals surface area contributed by atoms with Gasteiger partial charge in [0.15, 0.2) is 0 Å². The Morgan fingerprint density at radius 1 is 0.811 bits per heavy atom. The van der Waals surface area contributed by atoms with Crippen LogP contribution >= 0.6 is 0 Å². The molecule has 2 atom stereocenters. The van der Waals surface area contributed by atoms with Crippen LogP contribution in [0.25, 0.3) is 0 Å². The standard InChI is InChI=1S/C30H32N2O5/c33-28(34)26(16-15-22-9-3-1-4-10-22)20-31(18-17-23-11-5-2-6-12-23)30(37)32-21-25-14-8-7-13-24(25)19-27(32)29(35)36/h1-14,26-27H,15-21H2,(H,33,34)(H,35,36)/t26-,27-/m0/s1. The smallest absolute Gasteiger partial charge is 0.326 e. The first-order chi connectivity index (χ1) is 17.9. The molecule has 0 radical (unpaired) electrons. The van der Waals surface area contributed by atoms with Crippen molar-refractivity contribution in [1.82, 2.24) is 9.80 Å². The van der Waals surface area contributed by atoms with E-state index in [4.69, 9.17) is 0 Å². The number of carbonyl (C=O) groups is 3. The summed E-state index contributed by atoms with van der Waals surface area (Å²) in [5.74, 6) is -2.81. The van der Waals surface area contributed by atoms with Gasteiger partial charge in [-0.1, -0.05) is 84.9 Å². The van der Waals surface area contributed by atoms with Gasteiger partial charge in [0.25, 0.3) is 0 Å². The molecule has 3 aromatic rings. The summed E-state index contributed by atoms with van der Waals surface area (Å²) in [5.41, 5.74) is 3.89. The highest BCUT2D eigenvalue weighted by molar-refractivity contribution is 5.84. The van der Waals surface area contributed by atoms with Crippen molar-refractivity contribution < 1.29 is 24.6 Å². The van der Waals surface area contributed by atoms with Crippen molar-refractivity contribution in [2.24, 2.45) is 5.92 Å². The maximum atomic E-state index is 13.9. The summed E-state index contributed by atoms with van der Waals surface area (Å²) in [5, 5.41) is 19.9. The molecule has 0 saturated carbocycles. The second kappa shape index (κ2) is 12.2. The van der Waals surface area contributed by atoms with E-state index in [0.29, 0.717) is 25.8 Å². The first-order valence-electron chi connectivity index (χ1n) is 12.6. The number of carboxylic acid groups (broad SMARTS) is 2. The van der Waals surface area contributed by atoms with Gasteiger partial charge in [0.05, 0.1) is 5.92 Å².